The number of carbonyl (C=O) groups is 2. The minimum absolute atomic E-state index is 0.0555. The molecule has 1 aromatic heterocycles. The Bertz CT molecular complexity index is 806. The van der Waals surface area contributed by atoms with Crippen molar-refractivity contribution in [3.8, 4) is 5.75 Å². The zero-order valence-electron chi connectivity index (χ0n) is 14.0. The average Bonchev–Trinajstić information content (AvgIpc) is 3.17. The van der Waals surface area contributed by atoms with Gasteiger partial charge in [-0.25, -0.2) is 0 Å². The number of carbonyl (C=O) groups excluding carboxylic acids is 2. The molecule has 2 amide bonds. The SMILES string of the molecule is CC(C)COc1ccc(C2=C(Cl)C(=O)N(Cc3ccco3)C2=O)cc1. The molecular formula is C19H18ClNO4. The van der Waals surface area contributed by atoms with Crippen LogP contribution in [0.5, 0.6) is 5.75 Å². The van der Waals surface area contributed by atoms with E-state index in [2.05, 4.69) is 13.8 Å². The predicted octanol–water partition coefficient (Wildman–Crippen LogP) is 3.83. The number of benzene rings is 1. The first-order valence-electron chi connectivity index (χ1n) is 7.99. The van der Waals surface area contributed by atoms with Crippen LogP contribution in [0.2, 0.25) is 0 Å². The van der Waals surface area contributed by atoms with Crippen LogP contribution in [0.25, 0.3) is 5.57 Å². The number of nitrogens with zero attached hydrogens (tertiary/aromatic N) is 1. The van der Waals surface area contributed by atoms with Gasteiger partial charge in [-0.3, -0.25) is 14.5 Å². The van der Waals surface area contributed by atoms with E-state index in [9.17, 15) is 9.59 Å². The topological polar surface area (TPSA) is 59.8 Å². The van der Waals surface area contributed by atoms with Crippen molar-refractivity contribution in [3.05, 3.63) is 59.0 Å². The van der Waals surface area contributed by atoms with E-state index < -0.39 is 11.8 Å². The average molecular weight is 360 g/mol. The molecule has 0 fully saturated rings. The fourth-order valence-electron chi connectivity index (χ4n) is 2.48. The van der Waals surface area contributed by atoms with Crippen molar-refractivity contribution in [1.29, 1.82) is 0 Å². The molecule has 0 saturated carbocycles. The first-order chi connectivity index (χ1) is 12.0. The molecule has 0 radical (unpaired) electrons. The molecule has 0 saturated heterocycles. The molecular weight excluding hydrogens is 342 g/mol. The Balaban J connectivity index is 1.79. The van der Waals surface area contributed by atoms with E-state index in [1.807, 2.05) is 0 Å². The van der Waals surface area contributed by atoms with E-state index in [1.54, 1.807) is 36.4 Å². The lowest BCUT2D eigenvalue weighted by Crippen LogP contribution is -2.30. The number of hydrogen-bond donors (Lipinski definition) is 0. The number of rotatable bonds is 6. The molecule has 1 aromatic carbocycles. The fraction of sp³-hybridized carbons (Fsp3) is 0.263. The monoisotopic (exact) mass is 359 g/mol. The first kappa shape index (κ1) is 17.3. The fourth-order valence-corrected chi connectivity index (χ4v) is 2.77. The second-order valence-electron chi connectivity index (χ2n) is 6.19. The van der Waals surface area contributed by atoms with Crippen molar-refractivity contribution in [1.82, 2.24) is 4.90 Å². The van der Waals surface area contributed by atoms with Gasteiger partial charge in [0.1, 0.15) is 16.5 Å². The largest absolute Gasteiger partial charge is 0.493 e. The van der Waals surface area contributed by atoms with Crippen LogP contribution < -0.4 is 4.74 Å². The minimum atomic E-state index is -0.516. The number of hydrogen-bond acceptors (Lipinski definition) is 4. The van der Waals surface area contributed by atoms with Crippen molar-refractivity contribution in [2.75, 3.05) is 6.61 Å². The highest BCUT2D eigenvalue weighted by Crippen LogP contribution is 2.33. The van der Waals surface area contributed by atoms with E-state index in [0.29, 0.717) is 29.6 Å². The molecule has 130 valence electrons. The van der Waals surface area contributed by atoms with Crippen LogP contribution >= 0.6 is 11.6 Å². The van der Waals surface area contributed by atoms with Gasteiger partial charge in [-0.15, -0.1) is 0 Å². The number of halogens is 1. The molecule has 1 aliphatic rings. The summed E-state index contributed by atoms with van der Waals surface area (Å²) in [5.74, 6) is 0.699. The smallest absolute Gasteiger partial charge is 0.273 e. The van der Waals surface area contributed by atoms with Crippen molar-refractivity contribution < 1.29 is 18.7 Å². The third kappa shape index (κ3) is 3.61. The lowest BCUT2D eigenvalue weighted by atomic mass is 10.1. The minimum Gasteiger partial charge on any atom is -0.493 e. The van der Waals surface area contributed by atoms with Gasteiger partial charge in [-0.2, -0.15) is 0 Å². The summed E-state index contributed by atoms with van der Waals surface area (Å²) in [4.78, 5) is 26.0. The van der Waals surface area contributed by atoms with Gasteiger partial charge in [-0.05, 0) is 35.7 Å². The second-order valence-corrected chi connectivity index (χ2v) is 6.57. The molecule has 6 heteroatoms. The van der Waals surface area contributed by atoms with Gasteiger partial charge in [0, 0.05) is 0 Å². The van der Waals surface area contributed by atoms with Gasteiger partial charge in [0.15, 0.2) is 0 Å². The Morgan fingerprint density at radius 1 is 1.12 bits per heavy atom. The highest BCUT2D eigenvalue weighted by molar-refractivity contribution is 6.55. The van der Waals surface area contributed by atoms with Crippen molar-refractivity contribution >= 4 is 29.0 Å². The molecule has 0 N–H and O–H groups in total. The molecule has 0 aliphatic carbocycles. The molecule has 0 bridgehead atoms. The number of ether oxygens (including phenoxy) is 1. The van der Waals surface area contributed by atoms with Crippen LogP contribution in [-0.2, 0) is 16.1 Å². The summed E-state index contributed by atoms with van der Waals surface area (Å²) in [6, 6.07) is 10.4. The van der Waals surface area contributed by atoms with Crippen LogP contribution in [0.4, 0.5) is 0 Å². The Hall–Kier alpha value is -2.53. The normalized spacial score (nSPS) is 14.8. The van der Waals surface area contributed by atoms with Gasteiger partial charge in [-0.1, -0.05) is 37.6 Å². The summed E-state index contributed by atoms with van der Waals surface area (Å²) in [5, 5.41) is -0.0765. The molecule has 25 heavy (non-hydrogen) atoms. The maximum atomic E-state index is 12.6. The van der Waals surface area contributed by atoms with Crippen LogP contribution in [0.1, 0.15) is 25.2 Å². The van der Waals surface area contributed by atoms with Crippen molar-refractivity contribution in [2.45, 2.75) is 20.4 Å². The molecule has 3 rings (SSSR count). The Morgan fingerprint density at radius 3 is 2.44 bits per heavy atom. The summed E-state index contributed by atoms with van der Waals surface area (Å²) in [6.45, 7) is 4.79. The highest BCUT2D eigenvalue weighted by atomic mass is 35.5. The second kappa shape index (κ2) is 7.15. The summed E-state index contributed by atoms with van der Waals surface area (Å²) in [5.41, 5.74) is 0.788. The van der Waals surface area contributed by atoms with Gasteiger partial charge < -0.3 is 9.15 Å². The Kier molecular flexibility index (Phi) is 4.95. The lowest BCUT2D eigenvalue weighted by Gasteiger charge is -2.13. The summed E-state index contributed by atoms with van der Waals surface area (Å²) in [6.07, 6.45) is 1.49. The van der Waals surface area contributed by atoms with Crippen LogP contribution in [0, 0.1) is 5.92 Å². The number of furan rings is 1. The maximum Gasteiger partial charge on any atom is 0.273 e. The molecule has 0 spiro atoms. The van der Waals surface area contributed by atoms with Crippen LogP contribution in [0.3, 0.4) is 0 Å². The van der Waals surface area contributed by atoms with E-state index >= 15 is 0 Å². The number of amides is 2. The van der Waals surface area contributed by atoms with Crippen molar-refractivity contribution in [2.24, 2.45) is 5.92 Å². The zero-order chi connectivity index (χ0) is 18.0. The van der Waals surface area contributed by atoms with Crippen LogP contribution in [-0.4, -0.2) is 23.3 Å². The standard InChI is InChI=1S/C19H18ClNO4/c1-12(2)11-25-14-7-5-13(6-8-14)16-17(20)19(23)21(18(16)22)10-15-4-3-9-24-15/h3-9,12H,10-11H2,1-2H3. The third-order valence-corrected chi connectivity index (χ3v) is 4.08. The zero-order valence-corrected chi connectivity index (χ0v) is 14.7. The molecule has 2 aromatic rings. The van der Waals surface area contributed by atoms with E-state index in [4.69, 9.17) is 20.8 Å². The molecule has 0 unspecified atom stereocenters. The summed E-state index contributed by atoms with van der Waals surface area (Å²) >= 11 is 6.14. The molecule has 2 heterocycles. The summed E-state index contributed by atoms with van der Waals surface area (Å²) in [7, 11) is 0. The van der Waals surface area contributed by atoms with E-state index in [1.165, 1.54) is 6.26 Å². The van der Waals surface area contributed by atoms with E-state index in [-0.39, 0.29) is 17.2 Å². The Morgan fingerprint density at radius 2 is 1.84 bits per heavy atom. The lowest BCUT2D eigenvalue weighted by molar-refractivity contribution is -0.137. The van der Waals surface area contributed by atoms with Crippen LogP contribution in [0.15, 0.2) is 52.1 Å². The maximum absolute atomic E-state index is 12.6. The molecule has 1 aliphatic heterocycles. The molecule has 5 nitrogen and oxygen atoms in total. The number of imide groups is 1. The first-order valence-corrected chi connectivity index (χ1v) is 8.36. The molecule has 0 atom stereocenters. The Labute approximate surface area is 150 Å². The highest BCUT2D eigenvalue weighted by Gasteiger charge is 2.38. The van der Waals surface area contributed by atoms with Crippen molar-refractivity contribution in [3.63, 3.8) is 0 Å². The predicted molar refractivity (Wildman–Crippen MR) is 93.8 cm³/mol. The third-order valence-electron chi connectivity index (χ3n) is 3.73. The van der Waals surface area contributed by atoms with Gasteiger partial charge in [0.25, 0.3) is 11.8 Å². The van der Waals surface area contributed by atoms with Gasteiger partial charge in [0.05, 0.1) is 25.0 Å². The van der Waals surface area contributed by atoms with E-state index in [0.717, 1.165) is 4.90 Å². The van der Waals surface area contributed by atoms with Gasteiger partial charge >= 0.3 is 0 Å². The quantitative estimate of drug-likeness (QED) is 0.735. The summed E-state index contributed by atoms with van der Waals surface area (Å²) < 4.78 is 10.8. The van der Waals surface area contributed by atoms with Gasteiger partial charge in [0.2, 0.25) is 0 Å².